The van der Waals surface area contributed by atoms with Crippen LogP contribution in [0.1, 0.15) is 21.6 Å². The van der Waals surface area contributed by atoms with Crippen molar-refractivity contribution in [3.05, 3.63) is 29.0 Å². The Kier molecular flexibility index (Phi) is 4.80. The largest absolute Gasteiger partial charge is 0.493 e. The molecule has 0 spiro atoms. The summed E-state index contributed by atoms with van der Waals surface area (Å²) in [6.07, 6.45) is 0.850. The van der Waals surface area contributed by atoms with Crippen LogP contribution in [-0.4, -0.2) is 43.6 Å². The first-order chi connectivity index (χ1) is 12.1. The van der Waals surface area contributed by atoms with Crippen molar-refractivity contribution in [2.75, 3.05) is 33.2 Å². The maximum Gasteiger partial charge on any atom is 0.257 e. The molecule has 0 aliphatic carbocycles. The van der Waals surface area contributed by atoms with Crippen molar-refractivity contribution in [1.29, 1.82) is 0 Å². The van der Waals surface area contributed by atoms with Crippen molar-refractivity contribution >= 4 is 11.7 Å². The van der Waals surface area contributed by atoms with E-state index in [0.717, 1.165) is 24.2 Å². The van der Waals surface area contributed by atoms with Crippen LogP contribution in [0.15, 0.2) is 12.1 Å². The summed E-state index contributed by atoms with van der Waals surface area (Å²) >= 11 is 0. The number of carbonyl (C=O) groups is 1. The fourth-order valence-electron chi connectivity index (χ4n) is 2.98. The topological polar surface area (TPSA) is 86.6 Å². The van der Waals surface area contributed by atoms with Gasteiger partial charge in [-0.15, -0.1) is 0 Å². The molecule has 0 atom stereocenters. The number of nitrogens with zero attached hydrogens (tertiary/aromatic N) is 2. The molecule has 0 saturated heterocycles. The van der Waals surface area contributed by atoms with Gasteiger partial charge in [0.25, 0.3) is 5.91 Å². The van der Waals surface area contributed by atoms with E-state index in [9.17, 15) is 4.79 Å². The summed E-state index contributed by atoms with van der Waals surface area (Å²) in [5, 5.41) is 10.7. The van der Waals surface area contributed by atoms with E-state index >= 15 is 0 Å². The molecule has 1 amide bonds. The Morgan fingerprint density at radius 1 is 1.20 bits per heavy atom. The normalized spacial score (nSPS) is 13.1. The Bertz CT molecular complexity index is 775. The van der Waals surface area contributed by atoms with Gasteiger partial charge in [-0.1, -0.05) is 0 Å². The highest BCUT2D eigenvalue weighted by atomic mass is 16.5. The highest BCUT2D eigenvalue weighted by molar-refractivity contribution is 6.05. The number of benzene rings is 1. The standard InChI is InChI=1S/C17H22N4O4/c1-21-16(11-9-18-6-5-12(11)20-21)19-17(22)10-7-13(23-2)15(25-4)14(8-10)24-3/h7-8,18H,5-6,9H2,1-4H3,(H,19,22). The SMILES string of the molecule is COc1cc(C(=O)Nc2c3c(nn2C)CCNC3)cc(OC)c1OC. The minimum Gasteiger partial charge on any atom is -0.493 e. The maximum absolute atomic E-state index is 12.8. The van der Waals surface area contributed by atoms with Gasteiger partial charge in [-0.25, -0.2) is 0 Å². The third-order valence-corrected chi connectivity index (χ3v) is 4.23. The molecule has 134 valence electrons. The van der Waals surface area contributed by atoms with Gasteiger partial charge in [0.2, 0.25) is 5.75 Å². The zero-order chi connectivity index (χ0) is 18.0. The molecule has 0 unspecified atom stereocenters. The molecule has 2 aromatic rings. The molecule has 8 heteroatoms. The first-order valence-corrected chi connectivity index (χ1v) is 7.95. The quantitative estimate of drug-likeness (QED) is 0.850. The number of nitrogens with one attached hydrogen (secondary N) is 2. The number of hydrogen-bond acceptors (Lipinski definition) is 6. The van der Waals surface area contributed by atoms with E-state index in [2.05, 4.69) is 15.7 Å². The molecule has 2 heterocycles. The van der Waals surface area contributed by atoms with Crippen LogP contribution in [0, 0.1) is 0 Å². The zero-order valence-corrected chi connectivity index (χ0v) is 14.8. The molecule has 8 nitrogen and oxygen atoms in total. The van der Waals surface area contributed by atoms with Gasteiger partial charge in [0, 0.05) is 37.7 Å². The lowest BCUT2D eigenvalue weighted by atomic mass is 10.1. The van der Waals surface area contributed by atoms with Crippen molar-refractivity contribution in [2.45, 2.75) is 13.0 Å². The molecule has 0 bridgehead atoms. The average Bonchev–Trinajstić information content (AvgIpc) is 2.95. The van der Waals surface area contributed by atoms with Crippen LogP contribution in [0.4, 0.5) is 5.82 Å². The summed E-state index contributed by atoms with van der Waals surface area (Å²) < 4.78 is 17.6. The second kappa shape index (κ2) is 7.02. The summed E-state index contributed by atoms with van der Waals surface area (Å²) in [4.78, 5) is 12.8. The van der Waals surface area contributed by atoms with Crippen molar-refractivity contribution in [1.82, 2.24) is 15.1 Å². The molecular weight excluding hydrogens is 324 g/mol. The molecule has 25 heavy (non-hydrogen) atoms. The number of amides is 1. The number of methoxy groups -OCH3 is 3. The van der Waals surface area contributed by atoms with Crippen LogP contribution in [0.2, 0.25) is 0 Å². The summed E-state index contributed by atoms with van der Waals surface area (Å²) in [6, 6.07) is 3.25. The lowest BCUT2D eigenvalue weighted by Crippen LogP contribution is -2.24. The van der Waals surface area contributed by atoms with Crippen molar-refractivity contribution in [2.24, 2.45) is 7.05 Å². The number of ether oxygens (including phenoxy) is 3. The van der Waals surface area contributed by atoms with E-state index in [0.29, 0.717) is 35.2 Å². The minimum atomic E-state index is -0.268. The predicted octanol–water partition coefficient (Wildman–Crippen LogP) is 1.34. The first-order valence-electron chi connectivity index (χ1n) is 7.95. The molecule has 1 aromatic heterocycles. The Morgan fingerprint density at radius 2 is 1.88 bits per heavy atom. The predicted molar refractivity (Wildman–Crippen MR) is 92.7 cm³/mol. The molecule has 0 radical (unpaired) electrons. The van der Waals surface area contributed by atoms with Crippen molar-refractivity contribution < 1.29 is 19.0 Å². The number of rotatable bonds is 5. The van der Waals surface area contributed by atoms with Gasteiger partial charge in [0.05, 0.1) is 27.0 Å². The van der Waals surface area contributed by atoms with Crippen LogP contribution in [0.5, 0.6) is 17.2 Å². The molecule has 1 aromatic carbocycles. The lowest BCUT2D eigenvalue weighted by molar-refractivity contribution is 0.102. The van der Waals surface area contributed by atoms with Crippen LogP contribution < -0.4 is 24.8 Å². The Morgan fingerprint density at radius 3 is 2.48 bits per heavy atom. The fourth-order valence-corrected chi connectivity index (χ4v) is 2.98. The number of anilines is 1. The Labute approximate surface area is 146 Å². The van der Waals surface area contributed by atoms with Gasteiger partial charge in [-0.3, -0.25) is 9.48 Å². The molecule has 0 saturated carbocycles. The molecular formula is C17H22N4O4. The zero-order valence-electron chi connectivity index (χ0n) is 14.8. The molecule has 0 fully saturated rings. The smallest absolute Gasteiger partial charge is 0.257 e. The summed E-state index contributed by atoms with van der Waals surface area (Å²) in [5.41, 5.74) is 2.45. The third kappa shape index (κ3) is 3.12. The fraction of sp³-hybridized carbons (Fsp3) is 0.412. The maximum atomic E-state index is 12.8. The van der Waals surface area contributed by atoms with Gasteiger partial charge in [-0.2, -0.15) is 5.10 Å². The van der Waals surface area contributed by atoms with E-state index in [4.69, 9.17) is 14.2 Å². The second-order valence-corrected chi connectivity index (χ2v) is 5.69. The number of fused-ring (bicyclic) bond motifs is 1. The van der Waals surface area contributed by atoms with Crippen LogP contribution in [0.3, 0.4) is 0 Å². The highest BCUT2D eigenvalue weighted by Crippen LogP contribution is 2.38. The van der Waals surface area contributed by atoms with Gasteiger partial charge in [-0.05, 0) is 12.1 Å². The second-order valence-electron chi connectivity index (χ2n) is 5.69. The number of aryl methyl sites for hydroxylation is 1. The van der Waals surface area contributed by atoms with Gasteiger partial charge in [0.1, 0.15) is 5.82 Å². The highest BCUT2D eigenvalue weighted by Gasteiger charge is 2.22. The Hall–Kier alpha value is -2.74. The van der Waals surface area contributed by atoms with Gasteiger partial charge >= 0.3 is 0 Å². The van der Waals surface area contributed by atoms with Crippen LogP contribution in [0.25, 0.3) is 0 Å². The molecule has 1 aliphatic rings. The van der Waals surface area contributed by atoms with Crippen molar-refractivity contribution in [3.8, 4) is 17.2 Å². The van der Waals surface area contributed by atoms with Gasteiger partial charge in [0.15, 0.2) is 11.5 Å². The first kappa shape index (κ1) is 17.1. The summed E-state index contributed by atoms with van der Waals surface area (Å²) in [6.45, 7) is 1.58. The van der Waals surface area contributed by atoms with Crippen LogP contribution in [-0.2, 0) is 20.0 Å². The number of aromatic nitrogens is 2. The number of hydrogen-bond donors (Lipinski definition) is 2. The van der Waals surface area contributed by atoms with Crippen LogP contribution >= 0.6 is 0 Å². The van der Waals surface area contributed by atoms with E-state index in [1.807, 2.05) is 7.05 Å². The van der Waals surface area contributed by atoms with E-state index < -0.39 is 0 Å². The van der Waals surface area contributed by atoms with E-state index in [-0.39, 0.29) is 5.91 Å². The van der Waals surface area contributed by atoms with E-state index in [1.165, 1.54) is 21.3 Å². The molecule has 2 N–H and O–H groups in total. The third-order valence-electron chi connectivity index (χ3n) is 4.23. The van der Waals surface area contributed by atoms with E-state index in [1.54, 1.807) is 16.8 Å². The average molecular weight is 346 g/mol. The minimum absolute atomic E-state index is 0.268. The monoisotopic (exact) mass is 346 g/mol. The number of carbonyl (C=O) groups excluding carboxylic acids is 1. The molecule has 1 aliphatic heterocycles. The molecule has 3 rings (SSSR count). The Balaban J connectivity index is 1.93. The summed E-state index contributed by atoms with van der Waals surface area (Å²) in [7, 11) is 6.38. The summed E-state index contributed by atoms with van der Waals surface area (Å²) in [5.74, 6) is 1.74. The van der Waals surface area contributed by atoms with Gasteiger partial charge < -0.3 is 24.8 Å². The lowest BCUT2D eigenvalue weighted by Gasteiger charge is -2.15. The van der Waals surface area contributed by atoms with Crippen molar-refractivity contribution in [3.63, 3.8) is 0 Å².